The van der Waals surface area contributed by atoms with E-state index in [1.54, 1.807) is 12.1 Å². The summed E-state index contributed by atoms with van der Waals surface area (Å²) in [5.74, 6) is 0.844. The Morgan fingerprint density at radius 2 is 2.00 bits per heavy atom. The number of aryl methyl sites for hydroxylation is 1. The van der Waals surface area contributed by atoms with Gasteiger partial charge in [0.2, 0.25) is 0 Å². The van der Waals surface area contributed by atoms with Gasteiger partial charge in [0, 0.05) is 6.20 Å². The van der Waals surface area contributed by atoms with E-state index in [9.17, 15) is 4.39 Å². The monoisotopic (exact) mass is 289 g/mol. The fraction of sp³-hybridized carbons (Fsp3) is 0.200. The lowest BCUT2D eigenvalue weighted by atomic mass is 10.2. The minimum absolute atomic E-state index is 0.240. The molecule has 0 spiro atoms. The van der Waals surface area contributed by atoms with Gasteiger partial charge in [-0.3, -0.25) is 0 Å². The Morgan fingerprint density at radius 3 is 2.70 bits per heavy atom. The van der Waals surface area contributed by atoms with Crippen molar-refractivity contribution in [1.29, 1.82) is 0 Å². The lowest BCUT2D eigenvalue weighted by Crippen LogP contribution is -2.04. The summed E-state index contributed by atoms with van der Waals surface area (Å²) in [6.07, 6.45) is 1.81. The standard InChI is InChI=1S/C15H13ClFN3/c1-10-6-13-15(18-8-10)20(14(7-16)19-13)9-11-2-4-12(17)5-3-11/h2-6,8H,7,9H2,1H3. The first-order valence-electron chi connectivity index (χ1n) is 6.29. The summed E-state index contributed by atoms with van der Waals surface area (Å²) in [6.45, 7) is 2.56. The van der Waals surface area contributed by atoms with E-state index < -0.39 is 0 Å². The van der Waals surface area contributed by atoms with Crippen molar-refractivity contribution >= 4 is 22.8 Å². The zero-order chi connectivity index (χ0) is 14.1. The summed E-state index contributed by atoms with van der Waals surface area (Å²) >= 11 is 5.96. The Balaban J connectivity index is 2.07. The summed E-state index contributed by atoms with van der Waals surface area (Å²) in [5, 5.41) is 0. The largest absolute Gasteiger partial charge is 0.307 e. The topological polar surface area (TPSA) is 30.7 Å². The quantitative estimate of drug-likeness (QED) is 0.689. The van der Waals surface area contributed by atoms with Gasteiger partial charge in [-0.25, -0.2) is 14.4 Å². The number of hydrogen-bond acceptors (Lipinski definition) is 2. The number of pyridine rings is 1. The summed E-state index contributed by atoms with van der Waals surface area (Å²) < 4.78 is 14.9. The Hall–Kier alpha value is -1.94. The van der Waals surface area contributed by atoms with E-state index in [4.69, 9.17) is 11.6 Å². The van der Waals surface area contributed by atoms with E-state index in [0.29, 0.717) is 12.4 Å². The third-order valence-corrected chi connectivity index (χ3v) is 3.41. The highest BCUT2D eigenvalue weighted by molar-refractivity contribution is 6.16. The van der Waals surface area contributed by atoms with Crippen LogP contribution in [0.5, 0.6) is 0 Å². The molecule has 0 N–H and O–H groups in total. The molecule has 0 aliphatic carbocycles. The van der Waals surface area contributed by atoms with Gasteiger partial charge in [-0.15, -0.1) is 11.6 Å². The lowest BCUT2D eigenvalue weighted by molar-refractivity contribution is 0.626. The summed E-state index contributed by atoms with van der Waals surface area (Å²) in [7, 11) is 0. The molecule has 2 heterocycles. The van der Waals surface area contributed by atoms with Crippen molar-refractivity contribution in [3.05, 3.63) is 59.3 Å². The van der Waals surface area contributed by atoms with Crippen LogP contribution < -0.4 is 0 Å². The van der Waals surface area contributed by atoms with Gasteiger partial charge in [-0.2, -0.15) is 0 Å². The minimum atomic E-state index is -0.240. The zero-order valence-electron chi connectivity index (χ0n) is 11.0. The molecule has 5 heteroatoms. The molecule has 0 aliphatic rings. The third kappa shape index (κ3) is 2.39. The molecule has 3 nitrogen and oxygen atoms in total. The molecule has 0 fully saturated rings. The Labute approximate surface area is 121 Å². The van der Waals surface area contributed by atoms with Gasteiger partial charge in [0.15, 0.2) is 5.65 Å². The molecule has 0 unspecified atom stereocenters. The van der Waals surface area contributed by atoms with Crippen LogP contribution in [0.3, 0.4) is 0 Å². The van der Waals surface area contributed by atoms with Crippen LogP contribution in [-0.2, 0) is 12.4 Å². The minimum Gasteiger partial charge on any atom is -0.307 e. The number of alkyl halides is 1. The van der Waals surface area contributed by atoms with Crippen LogP contribution in [0, 0.1) is 12.7 Å². The fourth-order valence-electron chi connectivity index (χ4n) is 2.20. The maximum absolute atomic E-state index is 13.0. The van der Waals surface area contributed by atoms with Gasteiger partial charge in [-0.05, 0) is 36.2 Å². The highest BCUT2D eigenvalue weighted by Gasteiger charge is 2.11. The van der Waals surface area contributed by atoms with Crippen molar-refractivity contribution in [3.8, 4) is 0 Å². The smallest absolute Gasteiger partial charge is 0.160 e. The molecule has 3 aromatic rings. The van der Waals surface area contributed by atoms with Gasteiger partial charge in [0.05, 0.1) is 12.4 Å². The molecule has 0 atom stereocenters. The summed E-state index contributed by atoms with van der Waals surface area (Å²) in [4.78, 5) is 8.93. The number of benzene rings is 1. The van der Waals surface area contributed by atoms with Crippen LogP contribution in [0.15, 0.2) is 36.5 Å². The predicted molar refractivity (Wildman–Crippen MR) is 77.3 cm³/mol. The van der Waals surface area contributed by atoms with Crippen molar-refractivity contribution in [2.24, 2.45) is 0 Å². The molecule has 102 valence electrons. The molecular weight excluding hydrogens is 277 g/mol. The van der Waals surface area contributed by atoms with Gasteiger partial charge < -0.3 is 4.57 Å². The average molecular weight is 290 g/mol. The molecule has 2 aromatic heterocycles. The number of hydrogen-bond donors (Lipinski definition) is 0. The fourth-order valence-corrected chi connectivity index (χ4v) is 2.40. The van der Waals surface area contributed by atoms with E-state index >= 15 is 0 Å². The van der Waals surface area contributed by atoms with Crippen LogP contribution in [-0.4, -0.2) is 14.5 Å². The Morgan fingerprint density at radius 1 is 1.25 bits per heavy atom. The maximum Gasteiger partial charge on any atom is 0.160 e. The van der Waals surface area contributed by atoms with Crippen LogP contribution >= 0.6 is 11.6 Å². The predicted octanol–water partition coefficient (Wildman–Crippen LogP) is 3.67. The molecule has 0 bridgehead atoms. The first-order valence-corrected chi connectivity index (χ1v) is 6.83. The first kappa shape index (κ1) is 13.1. The zero-order valence-corrected chi connectivity index (χ0v) is 11.7. The molecule has 0 aliphatic heterocycles. The SMILES string of the molecule is Cc1cnc2c(c1)nc(CCl)n2Cc1ccc(F)cc1. The molecule has 20 heavy (non-hydrogen) atoms. The van der Waals surface area contributed by atoms with E-state index in [1.165, 1.54) is 12.1 Å². The number of fused-ring (bicyclic) bond motifs is 1. The van der Waals surface area contributed by atoms with E-state index in [1.807, 2.05) is 23.8 Å². The molecule has 0 saturated heterocycles. The molecule has 3 rings (SSSR count). The van der Waals surface area contributed by atoms with Gasteiger partial charge in [0.1, 0.15) is 17.2 Å². The van der Waals surface area contributed by atoms with Crippen LogP contribution in [0.4, 0.5) is 4.39 Å². The molecule has 0 amide bonds. The van der Waals surface area contributed by atoms with Gasteiger partial charge >= 0.3 is 0 Å². The lowest BCUT2D eigenvalue weighted by Gasteiger charge is -2.07. The van der Waals surface area contributed by atoms with Crippen LogP contribution in [0.2, 0.25) is 0 Å². The Bertz CT molecular complexity index is 750. The second-order valence-corrected chi connectivity index (χ2v) is 5.00. The van der Waals surface area contributed by atoms with Crippen LogP contribution in [0.25, 0.3) is 11.2 Å². The number of rotatable bonds is 3. The second-order valence-electron chi connectivity index (χ2n) is 4.73. The van der Waals surface area contributed by atoms with Crippen molar-refractivity contribution in [1.82, 2.24) is 14.5 Å². The molecule has 0 radical (unpaired) electrons. The summed E-state index contributed by atoms with van der Waals surface area (Å²) in [6, 6.07) is 8.40. The third-order valence-electron chi connectivity index (χ3n) is 3.17. The van der Waals surface area contributed by atoms with Crippen molar-refractivity contribution < 1.29 is 4.39 Å². The molecule has 0 saturated carbocycles. The van der Waals surface area contributed by atoms with E-state index in [-0.39, 0.29) is 5.82 Å². The average Bonchev–Trinajstić information content (AvgIpc) is 2.78. The maximum atomic E-state index is 13.0. The number of halogens is 2. The van der Waals surface area contributed by atoms with Crippen molar-refractivity contribution in [3.63, 3.8) is 0 Å². The Kier molecular flexibility index (Phi) is 3.40. The highest BCUT2D eigenvalue weighted by Crippen LogP contribution is 2.18. The normalized spacial score (nSPS) is 11.2. The van der Waals surface area contributed by atoms with Gasteiger partial charge in [0.25, 0.3) is 0 Å². The van der Waals surface area contributed by atoms with E-state index in [0.717, 1.165) is 28.1 Å². The van der Waals surface area contributed by atoms with Crippen molar-refractivity contribution in [2.45, 2.75) is 19.3 Å². The first-order chi connectivity index (χ1) is 9.67. The number of imidazole rings is 1. The summed E-state index contributed by atoms with van der Waals surface area (Å²) in [5.41, 5.74) is 3.68. The second kappa shape index (κ2) is 5.21. The molecule has 1 aromatic carbocycles. The highest BCUT2D eigenvalue weighted by atomic mass is 35.5. The van der Waals surface area contributed by atoms with E-state index in [2.05, 4.69) is 9.97 Å². The number of nitrogens with zero attached hydrogens (tertiary/aromatic N) is 3. The van der Waals surface area contributed by atoms with Crippen LogP contribution in [0.1, 0.15) is 17.0 Å². The van der Waals surface area contributed by atoms with Gasteiger partial charge in [-0.1, -0.05) is 12.1 Å². The molecular formula is C15H13ClFN3. The number of aromatic nitrogens is 3. The van der Waals surface area contributed by atoms with Crippen molar-refractivity contribution in [2.75, 3.05) is 0 Å².